The first kappa shape index (κ1) is 17.6. The van der Waals surface area contributed by atoms with Crippen LogP contribution in [0.15, 0.2) is 83.7 Å². The molecular formula is C23H15ClFN3O. The zero-order valence-corrected chi connectivity index (χ0v) is 16.0. The van der Waals surface area contributed by atoms with E-state index in [-0.39, 0.29) is 12.1 Å². The first-order valence-corrected chi connectivity index (χ1v) is 9.50. The second-order valence-electron chi connectivity index (χ2n) is 6.76. The van der Waals surface area contributed by atoms with E-state index in [1.807, 2.05) is 59.2 Å². The average Bonchev–Trinajstić information content (AvgIpc) is 3.05. The molecule has 2 aromatic heterocycles. The molecule has 2 heterocycles. The van der Waals surface area contributed by atoms with E-state index >= 15 is 0 Å². The van der Waals surface area contributed by atoms with E-state index in [0.717, 1.165) is 11.1 Å². The highest BCUT2D eigenvalue weighted by atomic mass is 35.5. The molecule has 0 N–H and O–H groups in total. The lowest BCUT2D eigenvalue weighted by atomic mass is 10.1. The molecule has 29 heavy (non-hydrogen) atoms. The third-order valence-corrected chi connectivity index (χ3v) is 5.36. The van der Waals surface area contributed by atoms with Gasteiger partial charge in [0.05, 0.1) is 23.3 Å². The third-order valence-electron chi connectivity index (χ3n) is 5.00. The summed E-state index contributed by atoms with van der Waals surface area (Å²) in [7, 11) is 0. The number of hydrogen-bond donors (Lipinski definition) is 0. The molecule has 0 unspecified atom stereocenters. The van der Waals surface area contributed by atoms with Crippen LogP contribution in [0.5, 0.6) is 0 Å². The number of hydrogen-bond acceptors (Lipinski definition) is 2. The number of benzene rings is 3. The number of imidazole rings is 1. The second kappa shape index (κ2) is 6.87. The Morgan fingerprint density at radius 1 is 0.897 bits per heavy atom. The van der Waals surface area contributed by atoms with Gasteiger partial charge in [-0.1, -0.05) is 60.1 Å². The van der Waals surface area contributed by atoms with Crippen LogP contribution in [0.4, 0.5) is 4.39 Å². The molecule has 0 saturated heterocycles. The summed E-state index contributed by atoms with van der Waals surface area (Å²) in [5.74, 6) is 0.0480. The molecular weight excluding hydrogens is 389 g/mol. The SMILES string of the molecule is O=c1cc(-c2ccccc2)nc2n(Cc3c(F)cccc3Cl)c3ccccc3n12. The maximum Gasteiger partial charge on any atom is 0.260 e. The van der Waals surface area contributed by atoms with Crippen molar-refractivity contribution < 1.29 is 4.39 Å². The fourth-order valence-corrected chi connectivity index (χ4v) is 3.84. The van der Waals surface area contributed by atoms with Crippen LogP contribution in [0.1, 0.15) is 5.56 Å². The van der Waals surface area contributed by atoms with Crippen molar-refractivity contribution in [3.8, 4) is 11.3 Å². The Kier molecular flexibility index (Phi) is 4.18. The Bertz CT molecular complexity index is 1400. The number of aromatic nitrogens is 3. The molecule has 0 bridgehead atoms. The number of para-hydroxylation sites is 2. The molecule has 0 aliphatic carbocycles. The summed E-state index contributed by atoms with van der Waals surface area (Å²) >= 11 is 6.26. The van der Waals surface area contributed by atoms with E-state index in [1.54, 1.807) is 16.5 Å². The van der Waals surface area contributed by atoms with Gasteiger partial charge in [-0.15, -0.1) is 0 Å². The number of rotatable bonds is 3. The summed E-state index contributed by atoms with van der Waals surface area (Å²) in [6, 6.07) is 23.1. The fourth-order valence-electron chi connectivity index (χ4n) is 3.62. The molecule has 142 valence electrons. The predicted molar refractivity (Wildman–Crippen MR) is 113 cm³/mol. The predicted octanol–water partition coefficient (Wildman–Crippen LogP) is 5.16. The Morgan fingerprint density at radius 2 is 1.62 bits per heavy atom. The molecule has 0 atom stereocenters. The summed E-state index contributed by atoms with van der Waals surface area (Å²) in [5, 5.41) is 0.336. The Hall–Kier alpha value is -3.44. The van der Waals surface area contributed by atoms with Crippen LogP contribution in [0, 0.1) is 5.82 Å². The van der Waals surface area contributed by atoms with E-state index in [2.05, 4.69) is 0 Å². The smallest absolute Gasteiger partial charge is 0.260 e. The van der Waals surface area contributed by atoms with Crippen molar-refractivity contribution in [1.82, 2.24) is 14.0 Å². The molecule has 4 nitrogen and oxygen atoms in total. The summed E-state index contributed by atoms with van der Waals surface area (Å²) in [4.78, 5) is 17.8. The quantitative estimate of drug-likeness (QED) is 0.417. The fraction of sp³-hybridized carbons (Fsp3) is 0.0435. The van der Waals surface area contributed by atoms with E-state index in [0.29, 0.717) is 27.6 Å². The Morgan fingerprint density at radius 3 is 2.38 bits per heavy atom. The van der Waals surface area contributed by atoms with Crippen molar-refractivity contribution >= 4 is 28.4 Å². The first-order chi connectivity index (χ1) is 14.1. The van der Waals surface area contributed by atoms with Gasteiger partial charge in [0.15, 0.2) is 0 Å². The Balaban J connectivity index is 1.83. The van der Waals surface area contributed by atoms with Gasteiger partial charge in [0.1, 0.15) is 5.82 Å². The van der Waals surface area contributed by atoms with Gasteiger partial charge in [-0.25, -0.2) is 13.8 Å². The summed E-state index contributed by atoms with van der Waals surface area (Å²) in [6.45, 7) is 0.160. The highest BCUT2D eigenvalue weighted by Gasteiger charge is 2.17. The molecule has 0 spiro atoms. The van der Waals surface area contributed by atoms with Gasteiger partial charge in [0.25, 0.3) is 5.56 Å². The van der Waals surface area contributed by atoms with Gasteiger partial charge in [-0.3, -0.25) is 4.79 Å². The molecule has 3 aromatic carbocycles. The largest absolute Gasteiger partial charge is 0.305 e. The lowest BCUT2D eigenvalue weighted by Gasteiger charge is -2.10. The van der Waals surface area contributed by atoms with Crippen LogP contribution in [0.25, 0.3) is 28.1 Å². The van der Waals surface area contributed by atoms with Gasteiger partial charge in [-0.05, 0) is 24.3 Å². The van der Waals surface area contributed by atoms with E-state index in [1.165, 1.54) is 12.1 Å². The van der Waals surface area contributed by atoms with E-state index < -0.39 is 5.82 Å². The number of fused-ring (bicyclic) bond motifs is 3. The summed E-state index contributed by atoms with van der Waals surface area (Å²) in [6.07, 6.45) is 0. The van der Waals surface area contributed by atoms with Crippen molar-refractivity contribution in [2.24, 2.45) is 0 Å². The van der Waals surface area contributed by atoms with Gasteiger partial charge in [0.2, 0.25) is 5.78 Å². The van der Waals surface area contributed by atoms with Crippen LogP contribution in [0.2, 0.25) is 5.02 Å². The molecule has 0 aliphatic rings. The van der Waals surface area contributed by atoms with Crippen LogP contribution in [-0.4, -0.2) is 14.0 Å². The van der Waals surface area contributed by atoms with Crippen molar-refractivity contribution in [2.45, 2.75) is 6.54 Å². The van der Waals surface area contributed by atoms with Crippen molar-refractivity contribution in [2.75, 3.05) is 0 Å². The molecule has 5 rings (SSSR count). The number of nitrogens with zero attached hydrogens (tertiary/aromatic N) is 3. The molecule has 0 saturated carbocycles. The van der Waals surface area contributed by atoms with Crippen LogP contribution in [0.3, 0.4) is 0 Å². The maximum absolute atomic E-state index is 14.5. The van der Waals surface area contributed by atoms with Crippen molar-refractivity contribution in [3.05, 3.63) is 106 Å². The van der Waals surface area contributed by atoms with Gasteiger partial charge in [0, 0.05) is 22.2 Å². The van der Waals surface area contributed by atoms with Crippen LogP contribution >= 0.6 is 11.6 Å². The lowest BCUT2D eigenvalue weighted by molar-refractivity contribution is 0.603. The van der Waals surface area contributed by atoms with Crippen LogP contribution in [-0.2, 0) is 6.54 Å². The standard InChI is InChI=1S/C23H15ClFN3O/c24-17-9-6-10-18(25)16(17)14-27-20-11-4-5-12-21(20)28-22(29)13-19(26-23(27)28)15-7-2-1-3-8-15/h1-13H,14H2. The summed E-state index contributed by atoms with van der Waals surface area (Å²) in [5.41, 5.74) is 3.07. The molecule has 5 aromatic rings. The number of halogens is 2. The lowest BCUT2D eigenvalue weighted by Crippen LogP contribution is -2.15. The normalized spacial score (nSPS) is 11.4. The summed E-state index contributed by atoms with van der Waals surface area (Å²) < 4.78 is 17.9. The monoisotopic (exact) mass is 403 g/mol. The van der Waals surface area contributed by atoms with E-state index in [9.17, 15) is 9.18 Å². The van der Waals surface area contributed by atoms with Gasteiger partial charge in [-0.2, -0.15) is 0 Å². The molecule has 0 fully saturated rings. The Labute approximate surface area is 170 Å². The van der Waals surface area contributed by atoms with E-state index in [4.69, 9.17) is 16.6 Å². The highest BCUT2D eigenvalue weighted by molar-refractivity contribution is 6.31. The molecule has 0 radical (unpaired) electrons. The molecule has 6 heteroatoms. The maximum atomic E-state index is 14.5. The molecule has 0 aliphatic heterocycles. The zero-order chi connectivity index (χ0) is 20.0. The third kappa shape index (κ3) is 2.91. The van der Waals surface area contributed by atoms with Crippen molar-refractivity contribution in [3.63, 3.8) is 0 Å². The second-order valence-corrected chi connectivity index (χ2v) is 7.16. The minimum absolute atomic E-state index is 0.160. The highest BCUT2D eigenvalue weighted by Crippen LogP contribution is 2.26. The minimum atomic E-state index is -0.394. The zero-order valence-electron chi connectivity index (χ0n) is 15.2. The first-order valence-electron chi connectivity index (χ1n) is 9.13. The van der Waals surface area contributed by atoms with Crippen molar-refractivity contribution in [1.29, 1.82) is 0 Å². The topological polar surface area (TPSA) is 39.3 Å². The van der Waals surface area contributed by atoms with Crippen LogP contribution < -0.4 is 5.56 Å². The molecule has 0 amide bonds. The minimum Gasteiger partial charge on any atom is -0.305 e. The average molecular weight is 404 g/mol. The van der Waals surface area contributed by atoms with Gasteiger partial charge < -0.3 is 4.57 Å². The van der Waals surface area contributed by atoms with Gasteiger partial charge >= 0.3 is 0 Å².